The minimum absolute atomic E-state index is 0.187. The van der Waals surface area contributed by atoms with Gasteiger partial charge in [0.2, 0.25) is 5.89 Å². The lowest BCUT2D eigenvalue weighted by Gasteiger charge is -2.40. The SMILES string of the molecule is COCCc1noc(C2CC(c3cccc(C(F)(F)F)c3)CN(C(=O)N3CCC(O)CC3)C2)n1. The standard InChI is InChI=1S/C23H29F3N4O4/c1-33-10-7-20-27-21(34-28-20)17-11-16(15-3-2-4-18(12-15)23(24,25)26)13-30(14-17)22(32)29-8-5-19(31)6-9-29/h2-4,12,16-17,19,31H,5-11,13-14H2,1H3. The minimum atomic E-state index is -4.45. The molecule has 3 heterocycles. The quantitative estimate of drug-likeness (QED) is 0.702. The summed E-state index contributed by atoms with van der Waals surface area (Å²) in [5.74, 6) is 0.224. The fraction of sp³-hybridized carbons (Fsp3) is 0.609. The number of carbonyl (C=O) groups is 1. The van der Waals surface area contributed by atoms with E-state index in [1.807, 2.05) is 0 Å². The van der Waals surface area contributed by atoms with E-state index in [1.165, 1.54) is 6.07 Å². The van der Waals surface area contributed by atoms with E-state index < -0.39 is 17.8 Å². The van der Waals surface area contributed by atoms with E-state index in [9.17, 15) is 23.1 Å². The number of hydrogen-bond acceptors (Lipinski definition) is 6. The molecule has 1 aromatic carbocycles. The van der Waals surface area contributed by atoms with Crippen LogP contribution in [0.5, 0.6) is 0 Å². The van der Waals surface area contributed by atoms with Gasteiger partial charge in [0.25, 0.3) is 0 Å². The van der Waals surface area contributed by atoms with Crippen LogP contribution in [0.1, 0.15) is 53.9 Å². The van der Waals surface area contributed by atoms with Crippen LogP contribution in [0.25, 0.3) is 0 Å². The van der Waals surface area contributed by atoms with Crippen molar-refractivity contribution in [3.05, 3.63) is 47.1 Å². The molecule has 2 atom stereocenters. The number of amides is 2. The first-order chi connectivity index (χ1) is 16.2. The lowest BCUT2D eigenvalue weighted by Crippen LogP contribution is -2.51. The number of halogens is 3. The average Bonchev–Trinajstić information content (AvgIpc) is 3.31. The predicted molar refractivity (Wildman–Crippen MR) is 115 cm³/mol. The third kappa shape index (κ3) is 5.69. The van der Waals surface area contributed by atoms with Gasteiger partial charge in [-0.3, -0.25) is 0 Å². The van der Waals surface area contributed by atoms with Crippen LogP contribution in [0.4, 0.5) is 18.0 Å². The van der Waals surface area contributed by atoms with Crippen molar-refractivity contribution in [2.24, 2.45) is 0 Å². The lowest BCUT2D eigenvalue weighted by molar-refractivity contribution is -0.137. The zero-order valence-corrected chi connectivity index (χ0v) is 19.0. The smallest absolute Gasteiger partial charge is 0.393 e. The molecule has 2 unspecified atom stereocenters. The Labute approximate surface area is 195 Å². The van der Waals surface area contributed by atoms with Gasteiger partial charge in [0.15, 0.2) is 5.82 Å². The number of carbonyl (C=O) groups excluding carboxylic acids is 1. The number of methoxy groups -OCH3 is 1. The van der Waals surface area contributed by atoms with Crippen LogP contribution >= 0.6 is 0 Å². The van der Waals surface area contributed by atoms with E-state index in [4.69, 9.17) is 9.26 Å². The highest BCUT2D eigenvalue weighted by Gasteiger charge is 2.38. The molecule has 186 valence electrons. The van der Waals surface area contributed by atoms with E-state index >= 15 is 0 Å². The molecule has 8 nitrogen and oxygen atoms in total. The molecular weight excluding hydrogens is 453 g/mol. The van der Waals surface area contributed by atoms with Gasteiger partial charge in [0.05, 0.1) is 24.2 Å². The third-order valence-corrected chi connectivity index (χ3v) is 6.50. The summed E-state index contributed by atoms with van der Waals surface area (Å²) >= 11 is 0. The van der Waals surface area contributed by atoms with Gasteiger partial charge < -0.3 is 24.2 Å². The van der Waals surface area contributed by atoms with Crippen molar-refractivity contribution in [2.75, 3.05) is 39.9 Å². The fourth-order valence-corrected chi connectivity index (χ4v) is 4.63. The Kier molecular flexibility index (Phi) is 7.42. The maximum absolute atomic E-state index is 13.3. The summed E-state index contributed by atoms with van der Waals surface area (Å²) < 4.78 is 50.5. The van der Waals surface area contributed by atoms with Crippen molar-refractivity contribution in [3.8, 4) is 0 Å². The van der Waals surface area contributed by atoms with E-state index in [1.54, 1.807) is 23.0 Å². The molecule has 11 heteroatoms. The Morgan fingerprint density at radius 3 is 2.65 bits per heavy atom. The Hall–Kier alpha value is -2.66. The molecule has 34 heavy (non-hydrogen) atoms. The zero-order valence-electron chi connectivity index (χ0n) is 19.0. The Bertz CT molecular complexity index is 975. The monoisotopic (exact) mass is 482 g/mol. The van der Waals surface area contributed by atoms with Crippen LogP contribution in [-0.2, 0) is 17.3 Å². The van der Waals surface area contributed by atoms with Gasteiger partial charge in [0.1, 0.15) is 0 Å². The minimum Gasteiger partial charge on any atom is -0.393 e. The normalized spacial score (nSPS) is 22.3. The van der Waals surface area contributed by atoms with Crippen molar-refractivity contribution >= 4 is 6.03 Å². The highest BCUT2D eigenvalue weighted by atomic mass is 19.4. The molecule has 1 N–H and O–H groups in total. The first-order valence-electron chi connectivity index (χ1n) is 11.4. The van der Waals surface area contributed by atoms with Crippen molar-refractivity contribution < 1.29 is 32.3 Å². The number of aliphatic hydroxyl groups is 1. The highest BCUT2D eigenvalue weighted by Crippen LogP contribution is 2.38. The summed E-state index contributed by atoms with van der Waals surface area (Å²) in [6.45, 7) is 1.94. The summed E-state index contributed by atoms with van der Waals surface area (Å²) in [4.78, 5) is 21.1. The second-order valence-electron chi connectivity index (χ2n) is 8.95. The molecule has 0 bridgehead atoms. The second kappa shape index (κ2) is 10.3. The van der Waals surface area contributed by atoms with Crippen LogP contribution in [0.15, 0.2) is 28.8 Å². The number of nitrogens with zero attached hydrogens (tertiary/aromatic N) is 4. The zero-order chi connectivity index (χ0) is 24.3. The van der Waals surface area contributed by atoms with Gasteiger partial charge in [-0.1, -0.05) is 23.4 Å². The topological polar surface area (TPSA) is 91.9 Å². The molecule has 2 aliphatic heterocycles. The maximum atomic E-state index is 13.3. The van der Waals surface area contributed by atoms with E-state index in [0.29, 0.717) is 75.7 Å². The summed E-state index contributed by atoms with van der Waals surface area (Å²) in [7, 11) is 1.57. The van der Waals surface area contributed by atoms with Crippen molar-refractivity contribution in [1.82, 2.24) is 19.9 Å². The highest BCUT2D eigenvalue weighted by molar-refractivity contribution is 5.75. The molecule has 1 aromatic heterocycles. The van der Waals surface area contributed by atoms with E-state index in [0.717, 1.165) is 12.1 Å². The Morgan fingerprint density at radius 2 is 1.94 bits per heavy atom. The van der Waals surface area contributed by atoms with Gasteiger partial charge in [-0.25, -0.2) is 4.79 Å². The predicted octanol–water partition coefficient (Wildman–Crippen LogP) is 3.43. The largest absolute Gasteiger partial charge is 0.416 e. The summed E-state index contributed by atoms with van der Waals surface area (Å²) in [6.07, 6.45) is -2.89. The number of alkyl halides is 3. The molecule has 2 aliphatic rings. The maximum Gasteiger partial charge on any atom is 0.416 e. The van der Waals surface area contributed by atoms with Crippen LogP contribution in [0.3, 0.4) is 0 Å². The second-order valence-corrected chi connectivity index (χ2v) is 8.95. The van der Waals surface area contributed by atoms with Crippen LogP contribution in [0, 0.1) is 0 Å². The van der Waals surface area contributed by atoms with Gasteiger partial charge in [-0.05, 0) is 30.9 Å². The molecule has 2 fully saturated rings. The number of aromatic nitrogens is 2. The first-order valence-corrected chi connectivity index (χ1v) is 11.4. The molecule has 2 saturated heterocycles. The first kappa shape index (κ1) is 24.5. The number of aliphatic hydroxyl groups excluding tert-OH is 1. The third-order valence-electron chi connectivity index (χ3n) is 6.50. The van der Waals surface area contributed by atoms with Gasteiger partial charge in [-0.2, -0.15) is 18.2 Å². The molecule has 0 spiro atoms. The summed E-state index contributed by atoms with van der Waals surface area (Å²) in [6, 6.07) is 5.08. The van der Waals surface area contributed by atoms with Crippen LogP contribution < -0.4 is 0 Å². The Balaban J connectivity index is 1.58. The number of ether oxygens (including phenoxy) is 1. The number of rotatable bonds is 5. The van der Waals surface area contributed by atoms with Crippen molar-refractivity contribution in [3.63, 3.8) is 0 Å². The number of urea groups is 1. The molecule has 0 radical (unpaired) electrons. The van der Waals surface area contributed by atoms with E-state index in [-0.39, 0.29) is 17.9 Å². The van der Waals surface area contributed by atoms with Gasteiger partial charge in [-0.15, -0.1) is 0 Å². The van der Waals surface area contributed by atoms with Crippen molar-refractivity contribution in [1.29, 1.82) is 0 Å². The van der Waals surface area contributed by atoms with Crippen molar-refractivity contribution in [2.45, 2.75) is 49.8 Å². The molecule has 4 rings (SSSR count). The van der Waals surface area contributed by atoms with E-state index in [2.05, 4.69) is 10.1 Å². The van der Waals surface area contributed by atoms with Crippen LogP contribution in [-0.4, -0.2) is 77.1 Å². The summed E-state index contributed by atoms with van der Waals surface area (Å²) in [5, 5.41) is 13.8. The number of piperidine rings is 2. The molecule has 0 saturated carbocycles. The lowest BCUT2D eigenvalue weighted by atomic mass is 9.84. The fourth-order valence-electron chi connectivity index (χ4n) is 4.63. The van der Waals surface area contributed by atoms with Crippen LogP contribution in [0.2, 0.25) is 0 Å². The number of hydrogen-bond donors (Lipinski definition) is 1. The number of benzene rings is 1. The molecule has 2 amide bonds. The Morgan fingerprint density at radius 1 is 1.21 bits per heavy atom. The molecule has 2 aromatic rings. The molecule has 0 aliphatic carbocycles. The average molecular weight is 483 g/mol. The van der Waals surface area contributed by atoms with Gasteiger partial charge in [0, 0.05) is 45.6 Å². The number of likely N-dealkylation sites (tertiary alicyclic amines) is 2. The molecular formula is C23H29F3N4O4. The summed E-state index contributed by atoms with van der Waals surface area (Å²) in [5.41, 5.74) is -0.194. The van der Waals surface area contributed by atoms with Gasteiger partial charge >= 0.3 is 12.2 Å².